The molecule has 24 heavy (non-hydrogen) atoms. The zero-order chi connectivity index (χ0) is 17.5. The van der Waals surface area contributed by atoms with Crippen LogP contribution in [0.15, 0.2) is 23.1 Å². The van der Waals surface area contributed by atoms with Crippen molar-refractivity contribution < 1.29 is 18.0 Å². The first-order valence-electron chi connectivity index (χ1n) is 8.31. The molecular weight excluding hydrogens is 321 g/mol. The molecule has 1 heterocycles. The van der Waals surface area contributed by atoms with Crippen molar-refractivity contribution in [1.82, 2.24) is 9.88 Å². The zero-order valence-corrected chi connectivity index (χ0v) is 13.5. The van der Waals surface area contributed by atoms with Gasteiger partial charge in [-0.05, 0) is 50.0 Å². The molecule has 2 fully saturated rings. The highest BCUT2D eigenvalue weighted by Gasteiger charge is 2.42. The monoisotopic (exact) mass is 342 g/mol. The standard InChI is InChI=1S/C17H21F3N2O2/c1-10(14-7-11-2-3-12(14)6-11)21-15(23)9-22-8-13(17(18,19)20)4-5-16(22)24/h4-5,8,10-12,14H,2-3,6-7,9H2,1H3,(H,21,23)/t10-,11+,12+,14+/m1/s1. The smallest absolute Gasteiger partial charge is 0.352 e. The van der Waals surface area contributed by atoms with Gasteiger partial charge in [-0.15, -0.1) is 0 Å². The van der Waals surface area contributed by atoms with Crippen LogP contribution in [0.2, 0.25) is 0 Å². The van der Waals surface area contributed by atoms with Crippen molar-refractivity contribution in [3.63, 3.8) is 0 Å². The Morgan fingerprint density at radius 1 is 1.33 bits per heavy atom. The lowest BCUT2D eigenvalue weighted by Gasteiger charge is -2.28. The highest BCUT2D eigenvalue weighted by molar-refractivity contribution is 5.76. The number of amides is 1. The van der Waals surface area contributed by atoms with Crippen LogP contribution in [0.25, 0.3) is 0 Å². The fourth-order valence-corrected chi connectivity index (χ4v) is 4.29. The van der Waals surface area contributed by atoms with Crippen LogP contribution in [0.3, 0.4) is 0 Å². The highest BCUT2D eigenvalue weighted by atomic mass is 19.4. The first-order valence-corrected chi connectivity index (χ1v) is 8.31. The summed E-state index contributed by atoms with van der Waals surface area (Å²) in [6.45, 7) is 1.55. The molecule has 0 aliphatic heterocycles. The van der Waals surface area contributed by atoms with Gasteiger partial charge in [0.2, 0.25) is 5.91 Å². The lowest BCUT2D eigenvalue weighted by molar-refractivity contribution is -0.138. The van der Waals surface area contributed by atoms with Crippen molar-refractivity contribution in [3.05, 3.63) is 34.2 Å². The Hall–Kier alpha value is -1.79. The van der Waals surface area contributed by atoms with Crippen molar-refractivity contribution >= 4 is 5.91 Å². The van der Waals surface area contributed by atoms with Gasteiger partial charge in [-0.2, -0.15) is 13.2 Å². The SMILES string of the molecule is C[C@@H](NC(=O)Cn1cc(C(F)(F)F)ccc1=O)[C@@H]1C[C@H]2CC[C@H]1C2. The van der Waals surface area contributed by atoms with Gasteiger partial charge in [-0.3, -0.25) is 9.59 Å². The molecule has 7 heteroatoms. The second-order valence-electron chi connectivity index (χ2n) is 7.08. The minimum absolute atomic E-state index is 0.0192. The number of fused-ring (bicyclic) bond motifs is 2. The van der Waals surface area contributed by atoms with Crippen LogP contribution >= 0.6 is 0 Å². The molecular formula is C17H21F3N2O2. The van der Waals surface area contributed by atoms with Crippen LogP contribution in [0.1, 0.15) is 38.2 Å². The van der Waals surface area contributed by atoms with E-state index in [1.54, 1.807) is 0 Å². The molecule has 4 nitrogen and oxygen atoms in total. The number of halogens is 3. The van der Waals surface area contributed by atoms with E-state index in [1.807, 2.05) is 6.92 Å². The third-order valence-corrected chi connectivity index (χ3v) is 5.45. The predicted octanol–water partition coefficient (Wildman–Crippen LogP) is 2.81. The van der Waals surface area contributed by atoms with Crippen molar-refractivity contribution in [3.8, 4) is 0 Å². The van der Waals surface area contributed by atoms with Crippen LogP contribution in [0, 0.1) is 17.8 Å². The second-order valence-corrected chi connectivity index (χ2v) is 7.08. The molecule has 1 aromatic heterocycles. The van der Waals surface area contributed by atoms with Gasteiger partial charge in [-0.1, -0.05) is 6.42 Å². The van der Waals surface area contributed by atoms with E-state index in [2.05, 4.69) is 5.32 Å². The normalized spacial score (nSPS) is 27.2. The fourth-order valence-electron chi connectivity index (χ4n) is 4.29. The van der Waals surface area contributed by atoms with E-state index in [1.165, 1.54) is 19.3 Å². The molecule has 0 spiro atoms. The van der Waals surface area contributed by atoms with Gasteiger partial charge >= 0.3 is 6.18 Å². The van der Waals surface area contributed by atoms with Crippen LogP contribution in [-0.4, -0.2) is 16.5 Å². The predicted molar refractivity (Wildman–Crippen MR) is 82.2 cm³/mol. The molecule has 2 saturated carbocycles. The highest BCUT2D eigenvalue weighted by Crippen LogP contribution is 2.49. The van der Waals surface area contributed by atoms with Crippen LogP contribution in [-0.2, 0) is 17.5 Å². The van der Waals surface area contributed by atoms with Crippen LogP contribution in [0.5, 0.6) is 0 Å². The van der Waals surface area contributed by atoms with E-state index in [4.69, 9.17) is 0 Å². The van der Waals surface area contributed by atoms with Crippen molar-refractivity contribution in [2.75, 3.05) is 0 Å². The summed E-state index contributed by atoms with van der Waals surface area (Å²) in [5, 5.41) is 2.86. The van der Waals surface area contributed by atoms with E-state index in [-0.39, 0.29) is 6.04 Å². The largest absolute Gasteiger partial charge is 0.417 e. The Balaban J connectivity index is 1.63. The van der Waals surface area contributed by atoms with Gasteiger partial charge in [0, 0.05) is 18.3 Å². The third kappa shape index (κ3) is 3.49. The number of nitrogens with one attached hydrogen (secondary N) is 1. The summed E-state index contributed by atoms with van der Waals surface area (Å²) in [7, 11) is 0. The number of carbonyl (C=O) groups is 1. The maximum Gasteiger partial charge on any atom is 0.417 e. The Kier molecular flexibility index (Phi) is 4.44. The van der Waals surface area contributed by atoms with Gasteiger partial charge in [0.1, 0.15) is 6.54 Å². The van der Waals surface area contributed by atoms with Gasteiger partial charge in [0.15, 0.2) is 0 Å². The topological polar surface area (TPSA) is 51.1 Å². The molecule has 0 saturated heterocycles. The van der Waals surface area contributed by atoms with E-state index in [9.17, 15) is 22.8 Å². The zero-order valence-electron chi connectivity index (χ0n) is 13.5. The van der Waals surface area contributed by atoms with Crippen LogP contribution in [0.4, 0.5) is 13.2 Å². The number of hydrogen-bond donors (Lipinski definition) is 1. The number of aromatic nitrogens is 1. The second kappa shape index (κ2) is 6.26. The summed E-state index contributed by atoms with van der Waals surface area (Å²) in [5.41, 5.74) is -1.55. The molecule has 132 valence electrons. The van der Waals surface area contributed by atoms with E-state index in [0.29, 0.717) is 18.0 Å². The number of alkyl halides is 3. The van der Waals surface area contributed by atoms with E-state index < -0.39 is 29.8 Å². The minimum atomic E-state index is -4.54. The molecule has 0 aromatic carbocycles. The first-order chi connectivity index (χ1) is 11.2. The average molecular weight is 342 g/mol. The molecule has 2 aliphatic carbocycles. The Labute approximate surface area is 138 Å². The molecule has 0 radical (unpaired) electrons. The molecule has 1 aromatic rings. The summed E-state index contributed by atoms with van der Waals surface area (Å²) in [4.78, 5) is 23.8. The van der Waals surface area contributed by atoms with Crippen molar-refractivity contribution in [1.29, 1.82) is 0 Å². The lowest BCUT2D eigenvalue weighted by Crippen LogP contribution is -2.42. The van der Waals surface area contributed by atoms with Crippen LogP contribution < -0.4 is 10.9 Å². The minimum Gasteiger partial charge on any atom is -0.352 e. The van der Waals surface area contributed by atoms with Gasteiger partial charge in [0.25, 0.3) is 5.56 Å². The summed E-state index contributed by atoms with van der Waals surface area (Å²) < 4.78 is 39.0. The van der Waals surface area contributed by atoms with Crippen molar-refractivity contribution in [2.24, 2.45) is 17.8 Å². The van der Waals surface area contributed by atoms with Crippen molar-refractivity contribution in [2.45, 2.75) is 51.4 Å². The Morgan fingerprint density at radius 2 is 2.08 bits per heavy atom. The summed E-state index contributed by atoms with van der Waals surface area (Å²) in [6, 6.07) is 1.55. The first kappa shape index (κ1) is 17.0. The summed E-state index contributed by atoms with van der Waals surface area (Å²) in [5.74, 6) is 1.41. The van der Waals surface area contributed by atoms with E-state index >= 15 is 0 Å². The quantitative estimate of drug-likeness (QED) is 0.915. The number of pyridine rings is 1. The molecule has 3 rings (SSSR count). The molecule has 0 unspecified atom stereocenters. The maximum atomic E-state index is 12.7. The molecule has 1 N–H and O–H groups in total. The summed E-state index contributed by atoms with van der Waals surface area (Å²) >= 11 is 0. The molecule has 2 bridgehead atoms. The molecule has 2 aliphatic rings. The number of rotatable bonds is 4. The Morgan fingerprint density at radius 3 is 2.67 bits per heavy atom. The van der Waals surface area contributed by atoms with E-state index in [0.717, 1.165) is 29.0 Å². The number of hydrogen-bond acceptors (Lipinski definition) is 2. The summed E-state index contributed by atoms with van der Waals surface area (Å²) in [6.07, 6.45) is 0.948. The molecule has 4 atom stereocenters. The maximum absolute atomic E-state index is 12.7. The lowest BCUT2D eigenvalue weighted by atomic mass is 9.84. The third-order valence-electron chi connectivity index (χ3n) is 5.45. The van der Waals surface area contributed by atoms with Gasteiger partial charge < -0.3 is 9.88 Å². The van der Waals surface area contributed by atoms with Gasteiger partial charge in [-0.25, -0.2) is 0 Å². The fraction of sp³-hybridized carbons (Fsp3) is 0.647. The average Bonchev–Trinajstić information content (AvgIpc) is 3.11. The Bertz CT molecular complexity index is 683. The molecule has 1 amide bonds. The van der Waals surface area contributed by atoms with Gasteiger partial charge in [0.05, 0.1) is 5.56 Å². The number of carbonyl (C=O) groups excluding carboxylic acids is 1. The number of nitrogens with zero attached hydrogens (tertiary/aromatic N) is 1.